The van der Waals surface area contributed by atoms with Crippen LogP contribution in [0.1, 0.15) is 12.8 Å². The second-order valence-corrected chi connectivity index (χ2v) is 3.98. The first kappa shape index (κ1) is 12.9. The summed E-state index contributed by atoms with van der Waals surface area (Å²) < 4.78 is 10.6. The van der Waals surface area contributed by atoms with Crippen molar-refractivity contribution in [2.45, 2.75) is 18.9 Å². The third-order valence-corrected chi connectivity index (χ3v) is 2.59. The summed E-state index contributed by atoms with van der Waals surface area (Å²) in [6, 6.07) is 9.45. The SMILES string of the molecule is O=C(NOCCOc1ccccc1)C1CCCO1. The van der Waals surface area contributed by atoms with Crippen LogP contribution in [0.3, 0.4) is 0 Å². The quantitative estimate of drug-likeness (QED) is 0.611. The molecule has 98 valence electrons. The van der Waals surface area contributed by atoms with Crippen LogP contribution in [0.5, 0.6) is 5.75 Å². The summed E-state index contributed by atoms with van der Waals surface area (Å²) in [5.74, 6) is 0.568. The third-order valence-electron chi connectivity index (χ3n) is 2.59. The highest BCUT2D eigenvalue weighted by molar-refractivity contribution is 5.79. The zero-order valence-corrected chi connectivity index (χ0v) is 10.1. The van der Waals surface area contributed by atoms with Gasteiger partial charge in [0, 0.05) is 6.61 Å². The van der Waals surface area contributed by atoms with E-state index in [2.05, 4.69) is 5.48 Å². The molecular weight excluding hydrogens is 234 g/mol. The Hall–Kier alpha value is -1.59. The summed E-state index contributed by atoms with van der Waals surface area (Å²) >= 11 is 0. The summed E-state index contributed by atoms with van der Waals surface area (Å²) in [4.78, 5) is 16.5. The van der Waals surface area contributed by atoms with Gasteiger partial charge < -0.3 is 9.47 Å². The van der Waals surface area contributed by atoms with Crippen molar-refractivity contribution in [2.24, 2.45) is 0 Å². The highest BCUT2D eigenvalue weighted by Gasteiger charge is 2.23. The number of ether oxygens (including phenoxy) is 2. The van der Waals surface area contributed by atoms with E-state index in [4.69, 9.17) is 14.3 Å². The van der Waals surface area contributed by atoms with Gasteiger partial charge in [-0.05, 0) is 25.0 Å². The van der Waals surface area contributed by atoms with Crippen LogP contribution in [0.2, 0.25) is 0 Å². The third kappa shape index (κ3) is 4.01. The van der Waals surface area contributed by atoms with Gasteiger partial charge >= 0.3 is 0 Å². The number of carbonyl (C=O) groups is 1. The number of benzene rings is 1. The van der Waals surface area contributed by atoms with Crippen LogP contribution in [-0.2, 0) is 14.4 Å². The minimum atomic E-state index is -0.361. The summed E-state index contributed by atoms with van der Waals surface area (Å²) in [5.41, 5.74) is 2.37. The highest BCUT2D eigenvalue weighted by atomic mass is 16.7. The Balaban J connectivity index is 1.54. The summed E-state index contributed by atoms with van der Waals surface area (Å²) in [6.07, 6.45) is 1.32. The predicted octanol–water partition coefficient (Wildman–Crippen LogP) is 1.29. The average molecular weight is 251 g/mol. The molecule has 1 unspecified atom stereocenters. The molecule has 18 heavy (non-hydrogen) atoms. The Morgan fingerprint density at radius 1 is 1.33 bits per heavy atom. The van der Waals surface area contributed by atoms with Crippen molar-refractivity contribution in [2.75, 3.05) is 19.8 Å². The van der Waals surface area contributed by atoms with Crippen molar-refractivity contribution < 1.29 is 19.1 Å². The first-order chi connectivity index (χ1) is 8.86. The minimum Gasteiger partial charge on any atom is -0.491 e. The molecular formula is C13H17NO4. The van der Waals surface area contributed by atoms with Gasteiger partial charge in [-0.1, -0.05) is 18.2 Å². The maximum Gasteiger partial charge on any atom is 0.272 e. The molecule has 2 rings (SSSR count). The molecule has 1 amide bonds. The van der Waals surface area contributed by atoms with E-state index < -0.39 is 0 Å². The lowest BCUT2D eigenvalue weighted by Crippen LogP contribution is -2.35. The molecule has 1 heterocycles. The lowest BCUT2D eigenvalue weighted by atomic mass is 10.2. The Kier molecular flexibility index (Phi) is 4.99. The number of hydrogen-bond donors (Lipinski definition) is 1. The molecule has 0 radical (unpaired) electrons. The van der Waals surface area contributed by atoms with E-state index in [0.717, 1.165) is 18.6 Å². The van der Waals surface area contributed by atoms with E-state index in [-0.39, 0.29) is 12.0 Å². The molecule has 1 aromatic rings. The number of hydrogen-bond acceptors (Lipinski definition) is 4. The number of nitrogens with one attached hydrogen (secondary N) is 1. The average Bonchev–Trinajstić information content (AvgIpc) is 2.93. The highest BCUT2D eigenvalue weighted by Crippen LogP contribution is 2.11. The van der Waals surface area contributed by atoms with E-state index in [1.54, 1.807) is 0 Å². The van der Waals surface area contributed by atoms with Crippen LogP contribution in [0.4, 0.5) is 0 Å². The van der Waals surface area contributed by atoms with Gasteiger partial charge in [0.2, 0.25) is 0 Å². The zero-order valence-electron chi connectivity index (χ0n) is 10.1. The van der Waals surface area contributed by atoms with E-state index >= 15 is 0 Å². The fraction of sp³-hybridized carbons (Fsp3) is 0.462. The van der Waals surface area contributed by atoms with E-state index in [9.17, 15) is 4.79 Å². The van der Waals surface area contributed by atoms with E-state index in [0.29, 0.717) is 19.8 Å². The van der Waals surface area contributed by atoms with Gasteiger partial charge in [0.15, 0.2) is 0 Å². The van der Waals surface area contributed by atoms with Crippen molar-refractivity contribution in [3.63, 3.8) is 0 Å². The van der Waals surface area contributed by atoms with Crippen LogP contribution in [-0.4, -0.2) is 31.8 Å². The monoisotopic (exact) mass is 251 g/mol. The molecule has 1 aliphatic heterocycles. The first-order valence-electron chi connectivity index (χ1n) is 6.07. The topological polar surface area (TPSA) is 56.8 Å². The van der Waals surface area contributed by atoms with Gasteiger partial charge in [0.05, 0.1) is 0 Å². The first-order valence-corrected chi connectivity index (χ1v) is 6.07. The van der Waals surface area contributed by atoms with Crippen molar-refractivity contribution >= 4 is 5.91 Å². The van der Waals surface area contributed by atoms with E-state index in [1.165, 1.54) is 0 Å². The van der Waals surface area contributed by atoms with Gasteiger partial charge in [0.1, 0.15) is 25.1 Å². The largest absolute Gasteiger partial charge is 0.491 e. The molecule has 0 spiro atoms. The minimum absolute atomic E-state index is 0.216. The van der Waals surface area contributed by atoms with Crippen molar-refractivity contribution in [3.8, 4) is 5.75 Å². The van der Waals surface area contributed by atoms with Gasteiger partial charge in [-0.15, -0.1) is 0 Å². The van der Waals surface area contributed by atoms with Crippen LogP contribution in [0.15, 0.2) is 30.3 Å². The molecule has 5 heteroatoms. The Labute approximate surface area is 106 Å². The molecule has 1 fully saturated rings. The molecule has 1 aromatic carbocycles. The molecule has 1 aliphatic rings. The van der Waals surface area contributed by atoms with E-state index in [1.807, 2.05) is 30.3 Å². The Bertz CT molecular complexity index is 363. The fourth-order valence-electron chi connectivity index (χ4n) is 1.69. The Morgan fingerprint density at radius 3 is 2.89 bits per heavy atom. The van der Waals surface area contributed by atoms with Crippen LogP contribution in [0.25, 0.3) is 0 Å². The second-order valence-electron chi connectivity index (χ2n) is 3.98. The van der Waals surface area contributed by atoms with Crippen LogP contribution in [0, 0.1) is 0 Å². The maximum atomic E-state index is 11.5. The molecule has 0 aliphatic carbocycles. The van der Waals surface area contributed by atoms with Gasteiger partial charge in [0.25, 0.3) is 5.91 Å². The lowest BCUT2D eigenvalue weighted by molar-refractivity contribution is -0.143. The van der Waals surface area contributed by atoms with Crippen molar-refractivity contribution in [1.82, 2.24) is 5.48 Å². The molecule has 5 nitrogen and oxygen atoms in total. The lowest BCUT2D eigenvalue weighted by Gasteiger charge is -2.10. The summed E-state index contributed by atoms with van der Waals surface area (Å²) in [6.45, 7) is 1.33. The number of para-hydroxylation sites is 1. The van der Waals surface area contributed by atoms with Gasteiger partial charge in [-0.2, -0.15) is 0 Å². The fourth-order valence-corrected chi connectivity index (χ4v) is 1.69. The van der Waals surface area contributed by atoms with Crippen molar-refractivity contribution in [1.29, 1.82) is 0 Å². The smallest absolute Gasteiger partial charge is 0.272 e. The summed E-state index contributed by atoms with van der Waals surface area (Å²) in [7, 11) is 0. The van der Waals surface area contributed by atoms with Gasteiger partial charge in [-0.3, -0.25) is 9.63 Å². The van der Waals surface area contributed by atoms with Gasteiger partial charge in [-0.25, -0.2) is 5.48 Å². The molecule has 1 atom stereocenters. The van der Waals surface area contributed by atoms with Crippen LogP contribution < -0.4 is 10.2 Å². The molecule has 0 aromatic heterocycles. The standard InChI is InChI=1S/C13H17NO4/c15-13(12-7-4-8-17-12)14-18-10-9-16-11-5-2-1-3-6-11/h1-3,5-6,12H,4,7-10H2,(H,14,15). The maximum absolute atomic E-state index is 11.5. The second kappa shape index (κ2) is 6.98. The normalized spacial score (nSPS) is 18.6. The molecule has 1 N–H and O–H groups in total. The van der Waals surface area contributed by atoms with Crippen LogP contribution >= 0.6 is 0 Å². The number of amides is 1. The number of rotatable bonds is 6. The zero-order chi connectivity index (χ0) is 12.6. The summed E-state index contributed by atoms with van der Waals surface area (Å²) in [5, 5.41) is 0. The predicted molar refractivity (Wildman–Crippen MR) is 65.0 cm³/mol. The number of hydroxylamine groups is 1. The Morgan fingerprint density at radius 2 is 2.17 bits per heavy atom. The molecule has 1 saturated heterocycles. The molecule has 0 saturated carbocycles. The molecule has 0 bridgehead atoms. The number of carbonyl (C=O) groups excluding carboxylic acids is 1. The van der Waals surface area contributed by atoms with Crippen molar-refractivity contribution in [3.05, 3.63) is 30.3 Å².